The third-order valence-corrected chi connectivity index (χ3v) is 9.66. The molecule has 5 rings (SSSR count). The number of likely N-dealkylation sites (tertiary alicyclic amines) is 1. The number of fused-ring (bicyclic) bond motifs is 3. The van der Waals surface area contributed by atoms with Gasteiger partial charge in [0.1, 0.15) is 12.4 Å². The van der Waals surface area contributed by atoms with Crippen molar-refractivity contribution in [1.82, 2.24) is 4.90 Å². The van der Waals surface area contributed by atoms with Crippen molar-refractivity contribution < 1.29 is 37.0 Å². The van der Waals surface area contributed by atoms with E-state index in [0.717, 1.165) is 17.2 Å². The Balaban J connectivity index is 1.52. The van der Waals surface area contributed by atoms with Crippen LogP contribution in [0.25, 0.3) is 0 Å². The Labute approximate surface area is 231 Å². The number of carboxylic acid groups (broad SMARTS) is 1. The average molecular weight is 562 g/mol. The number of benzene rings is 2. The highest BCUT2D eigenvalue weighted by atomic mass is 19.4. The van der Waals surface area contributed by atoms with E-state index in [1.807, 2.05) is 43.0 Å². The van der Waals surface area contributed by atoms with Gasteiger partial charge < -0.3 is 14.7 Å². The van der Waals surface area contributed by atoms with Crippen LogP contribution in [0.5, 0.6) is 5.75 Å². The first-order chi connectivity index (χ1) is 18.7. The second-order valence-electron chi connectivity index (χ2n) is 12.3. The molecule has 1 saturated heterocycles. The molecule has 1 N–H and O–H groups in total. The van der Waals surface area contributed by atoms with Crippen molar-refractivity contribution in [1.29, 1.82) is 0 Å². The molecule has 3 unspecified atom stereocenters. The fourth-order valence-corrected chi connectivity index (χ4v) is 6.86. The van der Waals surface area contributed by atoms with Gasteiger partial charge in [0.05, 0.1) is 12.0 Å². The molecule has 0 spiro atoms. The Kier molecular flexibility index (Phi) is 6.94. The lowest BCUT2D eigenvalue weighted by Crippen LogP contribution is -2.55. The Morgan fingerprint density at radius 2 is 1.70 bits per heavy atom. The number of hydrogen-bond donors (Lipinski definition) is 1. The van der Waals surface area contributed by atoms with Gasteiger partial charge in [-0.15, -0.1) is 0 Å². The predicted octanol–water partition coefficient (Wildman–Crippen LogP) is 6.50. The number of aliphatic carboxylic acids is 1. The fraction of sp³-hybridized carbons (Fsp3) is 0.548. The van der Waals surface area contributed by atoms with Gasteiger partial charge in [-0.25, -0.2) is 4.39 Å². The molecule has 2 aliphatic heterocycles. The van der Waals surface area contributed by atoms with E-state index in [1.165, 1.54) is 6.07 Å². The molecule has 2 aromatic rings. The van der Waals surface area contributed by atoms with Crippen LogP contribution in [0.2, 0.25) is 0 Å². The zero-order valence-corrected chi connectivity index (χ0v) is 23.0. The Morgan fingerprint density at radius 3 is 2.30 bits per heavy atom. The molecule has 3 atom stereocenters. The van der Waals surface area contributed by atoms with Gasteiger partial charge in [-0.1, -0.05) is 48.9 Å². The summed E-state index contributed by atoms with van der Waals surface area (Å²) in [5.74, 6) is -1.10. The summed E-state index contributed by atoms with van der Waals surface area (Å²) in [6.07, 6.45) is -2.13. The van der Waals surface area contributed by atoms with Gasteiger partial charge in [-0.05, 0) is 64.0 Å². The van der Waals surface area contributed by atoms with Crippen molar-refractivity contribution in [2.24, 2.45) is 11.3 Å². The van der Waals surface area contributed by atoms with Crippen LogP contribution in [0.4, 0.5) is 17.6 Å². The first-order valence-electron chi connectivity index (χ1n) is 13.8. The molecule has 5 nitrogen and oxygen atoms in total. The standard InChI is InChI=1S/C31H35F4NO4/c1-19-4-6-20(7-5-19)17-30-14-15-36(27(39)28(2)12-10-21(11-13-28)26(37)38)25(30)18-40-24-16-22(8-9-23(24)30)29(3,32)31(33,34)35/h4-9,16,21,25H,10-15,17-18H2,1-3H3,(H,37,38). The number of amides is 1. The van der Waals surface area contributed by atoms with Crippen LogP contribution in [-0.4, -0.2) is 47.3 Å². The van der Waals surface area contributed by atoms with Crippen LogP contribution in [0.15, 0.2) is 42.5 Å². The highest BCUT2D eigenvalue weighted by molar-refractivity contribution is 5.84. The molecule has 1 aliphatic carbocycles. The molecule has 2 fully saturated rings. The van der Waals surface area contributed by atoms with Crippen LogP contribution in [0.1, 0.15) is 68.2 Å². The van der Waals surface area contributed by atoms with Crippen LogP contribution in [-0.2, 0) is 27.1 Å². The quantitative estimate of drug-likeness (QED) is 0.424. The van der Waals surface area contributed by atoms with Crippen LogP contribution in [0, 0.1) is 18.3 Å². The minimum atomic E-state index is -5.08. The summed E-state index contributed by atoms with van der Waals surface area (Å²) >= 11 is 0. The van der Waals surface area contributed by atoms with E-state index in [0.29, 0.717) is 57.6 Å². The van der Waals surface area contributed by atoms with Gasteiger partial charge in [0.25, 0.3) is 0 Å². The molecule has 2 aromatic carbocycles. The monoisotopic (exact) mass is 561 g/mol. The number of nitrogens with zero attached hydrogens (tertiary/aromatic N) is 1. The lowest BCUT2D eigenvalue weighted by Gasteiger charge is -2.45. The number of ether oxygens (including phenoxy) is 1. The third-order valence-electron chi connectivity index (χ3n) is 9.66. The molecule has 9 heteroatoms. The van der Waals surface area contributed by atoms with E-state index in [9.17, 15) is 32.3 Å². The molecule has 1 saturated carbocycles. The predicted molar refractivity (Wildman–Crippen MR) is 141 cm³/mol. The Hall–Kier alpha value is -3.10. The lowest BCUT2D eigenvalue weighted by molar-refractivity contribution is -0.228. The molecule has 0 radical (unpaired) electrons. The highest BCUT2D eigenvalue weighted by Crippen LogP contribution is 2.53. The van der Waals surface area contributed by atoms with Crippen LogP contribution < -0.4 is 4.74 Å². The number of carbonyl (C=O) groups excluding carboxylic acids is 1. The maximum atomic E-state index is 14.9. The summed E-state index contributed by atoms with van der Waals surface area (Å²) < 4.78 is 61.4. The first-order valence-corrected chi connectivity index (χ1v) is 13.8. The number of carboxylic acids is 1. The molecule has 0 bridgehead atoms. The fourth-order valence-electron chi connectivity index (χ4n) is 6.86. The van der Waals surface area contributed by atoms with Crippen LogP contribution in [0.3, 0.4) is 0 Å². The van der Waals surface area contributed by atoms with Gasteiger partial charge >= 0.3 is 12.1 Å². The van der Waals surface area contributed by atoms with Crippen molar-refractivity contribution in [2.75, 3.05) is 13.2 Å². The maximum Gasteiger partial charge on any atom is 0.426 e. The van der Waals surface area contributed by atoms with Crippen molar-refractivity contribution in [3.05, 3.63) is 64.7 Å². The number of hydrogen-bond acceptors (Lipinski definition) is 3. The SMILES string of the molecule is Cc1ccc(CC23CCN(C(=O)C4(C)CCC(C(=O)O)CC4)C2COc2cc(C(C)(F)C(F)(F)F)ccc23)cc1. The van der Waals surface area contributed by atoms with E-state index in [4.69, 9.17) is 4.74 Å². The van der Waals surface area contributed by atoms with Crippen LogP contribution >= 0.6 is 0 Å². The van der Waals surface area contributed by atoms with Crippen molar-refractivity contribution >= 4 is 11.9 Å². The number of alkyl halides is 4. The van der Waals surface area contributed by atoms with E-state index in [-0.39, 0.29) is 24.3 Å². The summed E-state index contributed by atoms with van der Waals surface area (Å²) in [6.45, 7) is 4.92. The number of aryl methyl sites for hydroxylation is 1. The topological polar surface area (TPSA) is 66.8 Å². The van der Waals surface area contributed by atoms with Gasteiger partial charge in [0.2, 0.25) is 11.6 Å². The van der Waals surface area contributed by atoms with Gasteiger partial charge in [-0.3, -0.25) is 9.59 Å². The number of carbonyl (C=O) groups is 2. The molecule has 216 valence electrons. The smallest absolute Gasteiger partial charge is 0.426 e. The van der Waals surface area contributed by atoms with Gasteiger partial charge in [0.15, 0.2) is 0 Å². The number of rotatable bonds is 5. The molecular weight excluding hydrogens is 526 g/mol. The highest BCUT2D eigenvalue weighted by Gasteiger charge is 2.57. The van der Waals surface area contributed by atoms with Crippen molar-refractivity contribution in [3.8, 4) is 5.75 Å². The summed E-state index contributed by atoms with van der Waals surface area (Å²) in [5.41, 5.74) is -2.57. The van der Waals surface area contributed by atoms with Crippen molar-refractivity contribution in [3.63, 3.8) is 0 Å². The van der Waals surface area contributed by atoms with Gasteiger partial charge in [-0.2, -0.15) is 13.2 Å². The molecule has 3 aliphatic rings. The molecular formula is C31H35F4NO4. The molecule has 1 amide bonds. The number of halogens is 4. The summed E-state index contributed by atoms with van der Waals surface area (Å²) in [5, 5.41) is 9.41. The first kappa shape index (κ1) is 28.4. The maximum absolute atomic E-state index is 14.9. The molecule has 0 aromatic heterocycles. The molecule has 40 heavy (non-hydrogen) atoms. The normalized spacial score (nSPS) is 29.6. The second-order valence-corrected chi connectivity index (χ2v) is 12.3. The minimum Gasteiger partial charge on any atom is -0.491 e. The Morgan fingerprint density at radius 1 is 1.05 bits per heavy atom. The zero-order chi connectivity index (χ0) is 29.1. The third kappa shape index (κ3) is 4.65. The Bertz CT molecular complexity index is 1300. The second kappa shape index (κ2) is 9.77. The average Bonchev–Trinajstić information content (AvgIpc) is 3.28. The zero-order valence-electron chi connectivity index (χ0n) is 23.0. The lowest BCUT2D eigenvalue weighted by atomic mass is 9.67. The van der Waals surface area contributed by atoms with Crippen molar-refractivity contribution in [2.45, 2.75) is 82.6 Å². The van der Waals surface area contributed by atoms with E-state index in [2.05, 4.69) is 0 Å². The summed E-state index contributed by atoms with van der Waals surface area (Å²) in [4.78, 5) is 27.4. The minimum absolute atomic E-state index is 0.0378. The van der Waals surface area contributed by atoms with E-state index >= 15 is 0 Å². The van der Waals surface area contributed by atoms with E-state index in [1.54, 1.807) is 6.07 Å². The van der Waals surface area contributed by atoms with E-state index < -0.39 is 40.1 Å². The summed E-state index contributed by atoms with van der Waals surface area (Å²) in [6, 6.07) is 11.6. The summed E-state index contributed by atoms with van der Waals surface area (Å²) in [7, 11) is 0. The molecule has 2 heterocycles. The largest absolute Gasteiger partial charge is 0.491 e. The van der Waals surface area contributed by atoms with Gasteiger partial charge in [0, 0.05) is 28.5 Å².